The zero-order valence-corrected chi connectivity index (χ0v) is 7.57. The Balaban J connectivity index is 3.23. The number of hydrogen-bond acceptors (Lipinski definition) is 3. The Morgan fingerprint density at radius 1 is 1.36 bits per heavy atom. The highest BCUT2D eigenvalue weighted by Crippen LogP contribution is 2.23. The van der Waals surface area contributed by atoms with E-state index in [1.165, 1.54) is 18.2 Å². The Kier molecular flexibility index (Phi) is 2.33. The van der Waals surface area contributed by atoms with Gasteiger partial charge in [-0.1, -0.05) is 0 Å². The maximum atomic E-state index is 10.7. The van der Waals surface area contributed by atoms with E-state index < -0.39 is 0 Å². The summed E-state index contributed by atoms with van der Waals surface area (Å²) >= 11 is 1.54. The summed E-state index contributed by atoms with van der Waals surface area (Å²) in [6.45, 7) is 0. The Hall–Kier alpha value is -0.780. The molecule has 58 valence electrons. The first-order valence-electron chi connectivity index (χ1n) is 2.83. The van der Waals surface area contributed by atoms with Gasteiger partial charge in [0.05, 0.1) is 5.56 Å². The highest BCUT2D eigenvalue weighted by Gasteiger charge is 2.07. The highest BCUT2D eigenvalue weighted by atomic mass is 127. The van der Waals surface area contributed by atoms with Gasteiger partial charge in [0.15, 0.2) is 0 Å². The number of hydrogen-bond donors (Lipinski definition) is 2. The molecule has 11 heavy (non-hydrogen) atoms. The molecule has 0 radical (unpaired) electrons. The Morgan fingerprint density at radius 3 is 2.45 bits per heavy atom. The van der Waals surface area contributed by atoms with Crippen molar-refractivity contribution in [2.24, 2.45) is 0 Å². The molecule has 1 aromatic rings. The smallest absolute Gasteiger partial charge is 0.226 e. The van der Waals surface area contributed by atoms with Gasteiger partial charge in [0.2, 0.25) is 3.79 Å². The molecule has 0 aliphatic carbocycles. The van der Waals surface area contributed by atoms with Crippen LogP contribution >= 0.6 is 22.6 Å². The summed E-state index contributed by atoms with van der Waals surface area (Å²) in [7, 11) is 0. The average Bonchev–Trinajstić information content (AvgIpc) is 1.94. The van der Waals surface area contributed by atoms with E-state index >= 15 is 0 Å². The maximum Gasteiger partial charge on any atom is 0.226 e. The molecule has 0 aliphatic rings. The highest BCUT2D eigenvalue weighted by molar-refractivity contribution is 14.1. The van der Waals surface area contributed by atoms with Crippen LogP contribution in [0.1, 0.15) is 10.4 Å². The average molecular weight is 264 g/mol. The first-order chi connectivity index (χ1) is 5.11. The minimum absolute atomic E-state index is 0.0252. The summed E-state index contributed by atoms with van der Waals surface area (Å²) in [6, 6.07) is 3.82. The molecule has 2 N–H and O–H groups in total. The molecule has 0 aromatic heterocycles. The molecule has 1 aromatic carbocycles. The lowest BCUT2D eigenvalue weighted by molar-refractivity contribution is 0.110. The summed E-state index contributed by atoms with van der Waals surface area (Å²) in [5.74, 6) is -0.134. The quantitative estimate of drug-likeness (QED) is 0.461. The number of rotatable bonds is 1. The van der Waals surface area contributed by atoms with Crippen LogP contribution in [0, 0.1) is 0 Å². The van der Waals surface area contributed by atoms with E-state index in [0.29, 0.717) is 0 Å². The molecule has 0 fully saturated rings. The standard InChI is InChI=1S/C7H5IO3/c8-7(11)5-3-4(9)1-2-6(5)10/h1-3,9-10H. The van der Waals surface area contributed by atoms with Crippen LogP contribution < -0.4 is 0 Å². The maximum absolute atomic E-state index is 10.7. The van der Waals surface area contributed by atoms with Gasteiger partial charge in [0, 0.05) is 22.6 Å². The van der Waals surface area contributed by atoms with Gasteiger partial charge in [-0.15, -0.1) is 0 Å². The molecular weight excluding hydrogens is 259 g/mol. The van der Waals surface area contributed by atoms with Crippen LogP contribution in [0.4, 0.5) is 0 Å². The molecule has 0 bridgehead atoms. The lowest BCUT2D eigenvalue weighted by atomic mass is 10.2. The third-order valence-corrected chi connectivity index (χ3v) is 1.77. The van der Waals surface area contributed by atoms with Gasteiger partial charge in [-0.2, -0.15) is 0 Å². The normalized spacial score (nSPS) is 9.55. The molecule has 1 rings (SSSR count). The second-order valence-corrected chi connectivity index (χ2v) is 2.95. The van der Waals surface area contributed by atoms with Crippen molar-refractivity contribution in [3.8, 4) is 11.5 Å². The molecule has 0 heterocycles. The zero-order chi connectivity index (χ0) is 8.43. The van der Waals surface area contributed by atoms with E-state index in [1.807, 2.05) is 0 Å². The lowest BCUT2D eigenvalue weighted by Crippen LogP contribution is -1.87. The fraction of sp³-hybridized carbons (Fsp3) is 0. The lowest BCUT2D eigenvalue weighted by Gasteiger charge is -1.98. The predicted molar refractivity (Wildman–Crippen MR) is 48.1 cm³/mol. The summed E-state index contributed by atoms with van der Waals surface area (Å²) in [4.78, 5) is 10.7. The number of aromatic hydroxyl groups is 2. The van der Waals surface area contributed by atoms with E-state index in [4.69, 9.17) is 10.2 Å². The van der Waals surface area contributed by atoms with Crippen LogP contribution in [0.2, 0.25) is 0 Å². The number of halogens is 1. The van der Waals surface area contributed by atoms with E-state index in [9.17, 15) is 4.79 Å². The van der Waals surface area contributed by atoms with E-state index in [2.05, 4.69) is 0 Å². The Bertz CT molecular complexity index is 296. The molecule has 3 nitrogen and oxygen atoms in total. The van der Waals surface area contributed by atoms with Crippen molar-refractivity contribution < 1.29 is 15.0 Å². The first-order valence-corrected chi connectivity index (χ1v) is 3.91. The van der Waals surface area contributed by atoms with Crippen molar-refractivity contribution in [2.75, 3.05) is 0 Å². The fourth-order valence-corrected chi connectivity index (χ4v) is 1.11. The van der Waals surface area contributed by atoms with Crippen LogP contribution in [0.3, 0.4) is 0 Å². The largest absolute Gasteiger partial charge is 0.508 e. The Morgan fingerprint density at radius 2 is 2.00 bits per heavy atom. The molecule has 0 aliphatic heterocycles. The minimum Gasteiger partial charge on any atom is -0.508 e. The summed E-state index contributed by atoms with van der Waals surface area (Å²) in [5, 5.41) is 18.0. The number of benzene rings is 1. The first kappa shape index (κ1) is 8.32. The fourth-order valence-electron chi connectivity index (χ4n) is 0.681. The Labute approximate surface area is 76.8 Å². The van der Waals surface area contributed by atoms with Gasteiger partial charge in [0.1, 0.15) is 11.5 Å². The summed E-state index contributed by atoms with van der Waals surface area (Å²) in [5.41, 5.74) is 0.130. The van der Waals surface area contributed by atoms with Crippen molar-refractivity contribution in [3.63, 3.8) is 0 Å². The van der Waals surface area contributed by atoms with Crippen molar-refractivity contribution >= 4 is 26.4 Å². The van der Waals surface area contributed by atoms with E-state index in [0.717, 1.165) is 0 Å². The van der Waals surface area contributed by atoms with Crippen LogP contribution in [-0.2, 0) is 0 Å². The zero-order valence-electron chi connectivity index (χ0n) is 5.41. The molecule has 0 unspecified atom stereocenters. The van der Waals surface area contributed by atoms with Crippen LogP contribution in [0.15, 0.2) is 18.2 Å². The second kappa shape index (κ2) is 3.08. The molecule has 0 spiro atoms. The molecule has 0 amide bonds. The van der Waals surface area contributed by atoms with Gasteiger partial charge in [-0.05, 0) is 18.2 Å². The molecular formula is C7H5IO3. The van der Waals surface area contributed by atoms with Gasteiger partial charge in [-0.25, -0.2) is 0 Å². The van der Waals surface area contributed by atoms with Gasteiger partial charge in [-0.3, -0.25) is 4.79 Å². The number of phenols is 2. The van der Waals surface area contributed by atoms with Crippen LogP contribution in [0.5, 0.6) is 11.5 Å². The van der Waals surface area contributed by atoms with Crippen molar-refractivity contribution in [1.82, 2.24) is 0 Å². The van der Waals surface area contributed by atoms with E-state index in [1.54, 1.807) is 22.6 Å². The van der Waals surface area contributed by atoms with Gasteiger partial charge in [0.25, 0.3) is 0 Å². The van der Waals surface area contributed by atoms with Crippen LogP contribution in [0.25, 0.3) is 0 Å². The summed E-state index contributed by atoms with van der Waals surface area (Å²) < 4.78 is -0.295. The SMILES string of the molecule is O=C(I)c1cc(O)ccc1O. The van der Waals surface area contributed by atoms with Crippen molar-refractivity contribution in [1.29, 1.82) is 0 Å². The van der Waals surface area contributed by atoms with Gasteiger partial charge >= 0.3 is 0 Å². The minimum atomic E-state index is -0.295. The van der Waals surface area contributed by atoms with Gasteiger partial charge < -0.3 is 10.2 Å². The monoisotopic (exact) mass is 264 g/mol. The topological polar surface area (TPSA) is 57.5 Å². The summed E-state index contributed by atoms with van der Waals surface area (Å²) in [6.07, 6.45) is 0. The second-order valence-electron chi connectivity index (χ2n) is 1.98. The van der Waals surface area contributed by atoms with Crippen molar-refractivity contribution in [3.05, 3.63) is 23.8 Å². The van der Waals surface area contributed by atoms with Crippen LogP contribution in [-0.4, -0.2) is 14.0 Å². The molecule has 4 heteroatoms. The number of carbonyl (C=O) groups is 1. The third-order valence-electron chi connectivity index (χ3n) is 1.19. The number of phenolic OH excluding ortho intramolecular Hbond substituents is 2. The third kappa shape index (κ3) is 1.83. The number of carbonyl (C=O) groups excluding carboxylic acids is 1. The van der Waals surface area contributed by atoms with E-state index in [-0.39, 0.29) is 20.9 Å². The van der Waals surface area contributed by atoms with Crippen molar-refractivity contribution in [2.45, 2.75) is 0 Å². The molecule has 0 saturated carbocycles. The molecule has 0 saturated heterocycles. The molecule has 0 atom stereocenters. The predicted octanol–water partition coefficient (Wildman–Crippen LogP) is 1.67.